The van der Waals surface area contributed by atoms with E-state index in [1.54, 1.807) is 0 Å². The molecule has 1 unspecified atom stereocenters. The van der Waals surface area contributed by atoms with Crippen LogP contribution >= 0.6 is 0 Å². The van der Waals surface area contributed by atoms with Gasteiger partial charge in [-0.3, -0.25) is 4.90 Å². The van der Waals surface area contributed by atoms with E-state index in [2.05, 4.69) is 29.2 Å². The maximum atomic E-state index is 8.80. The molecule has 100 valence electrons. The second-order valence-electron chi connectivity index (χ2n) is 5.02. The van der Waals surface area contributed by atoms with Crippen molar-refractivity contribution in [1.82, 2.24) is 4.90 Å². The molecule has 3 heteroatoms. The second kappa shape index (κ2) is 6.88. The van der Waals surface area contributed by atoms with Crippen LogP contribution < -0.4 is 5.73 Å². The lowest BCUT2D eigenvalue weighted by Crippen LogP contribution is -2.39. The van der Waals surface area contributed by atoms with Crippen molar-refractivity contribution in [3.63, 3.8) is 0 Å². The number of hydrogen-bond donors (Lipinski definition) is 2. The second-order valence-corrected chi connectivity index (χ2v) is 5.02. The highest BCUT2D eigenvalue weighted by atomic mass is 16.2. The standard InChI is InChI=1S/C15H24N2O/c16-12-15-14-7-3-2-6-13(14)8-10-17(15)9-4-1-5-11-18/h2-3,6-7,15,18H,1,4-5,8-12,16H2. The Morgan fingerprint density at radius 2 is 2.06 bits per heavy atom. The molecule has 0 spiro atoms. The van der Waals surface area contributed by atoms with E-state index >= 15 is 0 Å². The molecule has 0 saturated heterocycles. The van der Waals surface area contributed by atoms with Gasteiger partial charge >= 0.3 is 0 Å². The van der Waals surface area contributed by atoms with Crippen molar-refractivity contribution < 1.29 is 5.11 Å². The van der Waals surface area contributed by atoms with Crippen LogP contribution in [0, 0.1) is 0 Å². The van der Waals surface area contributed by atoms with Crippen molar-refractivity contribution in [3.05, 3.63) is 35.4 Å². The number of hydrogen-bond acceptors (Lipinski definition) is 3. The summed E-state index contributed by atoms with van der Waals surface area (Å²) in [5.41, 5.74) is 8.83. The molecular formula is C15H24N2O. The molecule has 1 aliphatic rings. The number of unbranched alkanes of at least 4 members (excludes halogenated alkanes) is 2. The van der Waals surface area contributed by atoms with E-state index in [1.165, 1.54) is 11.1 Å². The minimum absolute atomic E-state index is 0.309. The SMILES string of the molecule is NCC1c2ccccc2CCN1CCCCCO. The molecule has 0 saturated carbocycles. The molecule has 1 aliphatic heterocycles. The van der Waals surface area contributed by atoms with Gasteiger partial charge in [0.25, 0.3) is 0 Å². The lowest BCUT2D eigenvalue weighted by atomic mass is 9.92. The van der Waals surface area contributed by atoms with Crippen LogP contribution in [-0.4, -0.2) is 36.2 Å². The van der Waals surface area contributed by atoms with Crippen molar-refractivity contribution in [2.24, 2.45) is 5.73 Å². The third-order valence-corrected chi connectivity index (χ3v) is 3.85. The Morgan fingerprint density at radius 3 is 2.83 bits per heavy atom. The molecule has 0 fully saturated rings. The van der Waals surface area contributed by atoms with Crippen LogP contribution in [0.2, 0.25) is 0 Å². The van der Waals surface area contributed by atoms with Crippen LogP contribution in [0.4, 0.5) is 0 Å². The zero-order valence-electron chi connectivity index (χ0n) is 11.0. The maximum absolute atomic E-state index is 8.80. The summed E-state index contributed by atoms with van der Waals surface area (Å²) in [7, 11) is 0. The Balaban J connectivity index is 1.97. The van der Waals surface area contributed by atoms with Gasteiger partial charge in [-0.2, -0.15) is 0 Å². The minimum atomic E-state index is 0.309. The van der Waals surface area contributed by atoms with Crippen molar-refractivity contribution in [2.45, 2.75) is 31.7 Å². The smallest absolute Gasteiger partial charge is 0.0473 e. The number of fused-ring (bicyclic) bond motifs is 1. The fraction of sp³-hybridized carbons (Fsp3) is 0.600. The molecule has 0 aliphatic carbocycles. The third-order valence-electron chi connectivity index (χ3n) is 3.85. The van der Waals surface area contributed by atoms with Gasteiger partial charge in [-0.05, 0) is 43.4 Å². The quantitative estimate of drug-likeness (QED) is 0.753. The van der Waals surface area contributed by atoms with E-state index in [4.69, 9.17) is 10.8 Å². The Labute approximate surface area is 110 Å². The fourth-order valence-electron chi connectivity index (χ4n) is 2.85. The predicted molar refractivity (Wildman–Crippen MR) is 74.5 cm³/mol. The summed E-state index contributed by atoms with van der Waals surface area (Å²) in [6.07, 6.45) is 4.30. The zero-order valence-corrected chi connectivity index (χ0v) is 11.0. The molecule has 1 atom stereocenters. The van der Waals surface area contributed by atoms with Crippen molar-refractivity contribution in [1.29, 1.82) is 0 Å². The van der Waals surface area contributed by atoms with Gasteiger partial charge in [-0.15, -0.1) is 0 Å². The Kier molecular flexibility index (Phi) is 5.17. The summed E-state index contributed by atoms with van der Waals surface area (Å²) >= 11 is 0. The van der Waals surface area contributed by atoms with Crippen LogP contribution in [0.1, 0.15) is 36.4 Å². The average molecular weight is 248 g/mol. The summed E-state index contributed by atoms with van der Waals surface area (Å²) < 4.78 is 0. The van der Waals surface area contributed by atoms with Gasteiger partial charge in [-0.25, -0.2) is 0 Å². The molecule has 3 nitrogen and oxygen atoms in total. The zero-order chi connectivity index (χ0) is 12.8. The van der Waals surface area contributed by atoms with Crippen molar-refractivity contribution in [3.8, 4) is 0 Å². The summed E-state index contributed by atoms with van der Waals surface area (Å²) in [4.78, 5) is 2.50. The highest BCUT2D eigenvalue weighted by molar-refractivity contribution is 5.32. The highest BCUT2D eigenvalue weighted by Crippen LogP contribution is 2.28. The Hall–Kier alpha value is -0.900. The number of nitrogens with zero attached hydrogens (tertiary/aromatic N) is 1. The molecular weight excluding hydrogens is 224 g/mol. The third kappa shape index (κ3) is 3.10. The number of aliphatic hydroxyl groups is 1. The molecule has 1 aromatic carbocycles. The molecule has 1 aromatic rings. The van der Waals surface area contributed by atoms with Crippen LogP contribution in [0.5, 0.6) is 0 Å². The average Bonchev–Trinajstić information content (AvgIpc) is 2.43. The summed E-state index contributed by atoms with van der Waals surface area (Å²) in [5.74, 6) is 0. The van der Waals surface area contributed by atoms with E-state index in [0.29, 0.717) is 19.2 Å². The van der Waals surface area contributed by atoms with Crippen molar-refractivity contribution >= 4 is 0 Å². The first kappa shape index (κ1) is 13.5. The molecule has 18 heavy (non-hydrogen) atoms. The van der Waals surface area contributed by atoms with Gasteiger partial charge in [0.2, 0.25) is 0 Å². The van der Waals surface area contributed by atoms with Gasteiger partial charge in [0.05, 0.1) is 0 Å². The first-order valence-corrected chi connectivity index (χ1v) is 6.99. The molecule has 0 amide bonds. The summed E-state index contributed by atoms with van der Waals surface area (Å²) in [6, 6.07) is 9.04. The molecule has 1 heterocycles. The number of benzene rings is 1. The van der Waals surface area contributed by atoms with Gasteiger partial charge < -0.3 is 10.8 Å². The number of rotatable bonds is 6. The fourth-order valence-corrected chi connectivity index (χ4v) is 2.85. The topological polar surface area (TPSA) is 49.5 Å². The van der Waals surface area contributed by atoms with Gasteiger partial charge in [-0.1, -0.05) is 24.3 Å². The molecule has 0 aromatic heterocycles. The monoisotopic (exact) mass is 248 g/mol. The molecule has 2 rings (SSSR count). The highest BCUT2D eigenvalue weighted by Gasteiger charge is 2.25. The summed E-state index contributed by atoms with van der Waals surface area (Å²) in [6.45, 7) is 3.20. The lowest BCUT2D eigenvalue weighted by molar-refractivity contribution is 0.183. The molecule has 3 N–H and O–H groups in total. The Bertz CT molecular complexity index is 367. The van der Waals surface area contributed by atoms with Crippen LogP contribution in [0.3, 0.4) is 0 Å². The van der Waals surface area contributed by atoms with Gasteiger partial charge in [0.1, 0.15) is 0 Å². The largest absolute Gasteiger partial charge is 0.396 e. The van der Waals surface area contributed by atoms with E-state index < -0.39 is 0 Å². The van der Waals surface area contributed by atoms with Crippen molar-refractivity contribution in [2.75, 3.05) is 26.2 Å². The minimum Gasteiger partial charge on any atom is -0.396 e. The maximum Gasteiger partial charge on any atom is 0.0473 e. The van der Waals surface area contributed by atoms with Crippen LogP contribution in [0.15, 0.2) is 24.3 Å². The summed E-state index contributed by atoms with van der Waals surface area (Å²) in [5, 5.41) is 8.80. The van der Waals surface area contributed by atoms with E-state index in [1.807, 2.05) is 0 Å². The van der Waals surface area contributed by atoms with Gasteiger partial charge in [0, 0.05) is 25.7 Å². The van der Waals surface area contributed by atoms with E-state index in [-0.39, 0.29) is 0 Å². The van der Waals surface area contributed by atoms with E-state index in [0.717, 1.165) is 38.8 Å². The first-order chi connectivity index (χ1) is 8.86. The van der Waals surface area contributed by atoms with Crippen LogP contribution in [-0.2, 0) is 6.42 Å². The lowest BCUT2D eigenvalue weighted by Gasteiger charge is -2.36. The normalized spacial score (nSPS) is 19.8. The number of aliphatic hydroxyl groups excluding tert-OH is 1. The predicted octanol–water partition coefficient (Wildman–Crippen LogP) is 1.71. The van der Waals surface area contributed by atoms with E-state index in [9.17, 15) is 0 Å². The van der Waals surface area contributed by atoms with Gasteiger partial charge in [0.15, 0.2) is 0 Å². The first-order valence-electron chi connectivity index (χ1n) is 6.99. The number of nitrogens with two attached hydrogens (primary N) is 1. The Morgan fingerprint density at radius 1 is 1.22 bits per heavy atom. The molecule has 0 bridgehead atoms. The molecule has 0 radical (unpaired) electrons. The van der Waals surface area contributed by atoms with Crippen LogP contribution in [0.25, 0.3) is 0 Å².